The van der Waals surface area contributed by atoms with Crippen LogP contribution in [0.25, 0.3) is 0 Å². The molecule has 82 valence electrons. The minimum atomic E-state index is -0.0865. The van der Waals surface area contributed by atoms with Gasteiger partial charge in [0.2, 0.25) is 0 Å². The van der Waals surface area contributed by atoms with E-state index in [4.69, 9.17) is 0 Å². The zero-order valence-electron chi connectivity index (χ0n) is 9.76. The number of Topliss-reactive ketones (excluding diaryl/α,β-unsaturated/α-hetero) is 1. The van der Waals surface area contributed by atoms with Gasteiger partial charge in [-0.25, -0.2) is 0 Å². The van der Waals surface area contributed by atoms with E-state index in [0.717, 1.165) is 5.75 Å². The molecular formula is C11H21NOS. The Balaban J connectivity index is 2.62. The quantitative estimate of drug-likeness (QED) is 0.712. The molecule has 0 amide bonds. The van der Waals surface area contributed by atoms with Crippen molar-refractivity contribution in [1.82, 2.24) is 5.32 Å². The highest BCUT2D eigenvalue weighted by atomic mass is 32.2. The highest BCUT2D eigenvalue weighted by molar-refractivity contribution is 8.08. The lowest BCUT2D eigenvalue weighted by atomic mass is 9.92. The molecule has 0 spiro atoms. The van der Waals surface area contributed by atoms with Crippen LogP contribution < -0.4 is 5.32 Å². The Morgan fingerprint density at radius 2 is 1.86 bits per heavy atom. The van der Waals surface area contributed by atoms with Crippen LogP contribution in [0.3, 0.4) is 0 Å². The van der Waals surface area contributed by atoms with Gasteiger partial charge in [0.05, 0.1) is 10.8 Å². The smallest absolute Gasteiger partial charge is 0.166 e. The third-order valence-corrected chi connectivity index (χ3v) is 3.92. The Bertz CT molecular complexity index is 221. The fourth-order valence-corrected chi connectivity index (χ4v) is 2.14. The van der Waals surface area contributed by atoms with Crippen LogP contribution in [-0.4, -0.2) is 28.4 Å². The van der Waals surface area contributed by atoms with Gasteiger partial charge in [-0.05, 0) is 12.8 Å². The zero-order valence-corrected chi connectivity index (χ0v) is 10.6. The van der Waals surface area contributed by atoms with Gasteiger partial charge in [-0.2, -0.15) is 0 Å². The average molecular weight is 215 g/mol. The van der Waals surface area contributed by atoms with Crippen molar-refractivity contribution in [2.24, 2.45) is 5.92 Å². The van der Waals surface area contributed by atoms with Gasteiger partial charge < -0.3 is 5.32 Å². The summed E-state index contributed by atoms with van der Waals surface area (Å²) in [6.07, 6.45) is 0. The summed E-state index contributed by atoms with van der Waals surface area (Å²) in [5.41, 5.74) is 0. The standard InChI is InChI=1S/C11H21NOS/c1-7(2)9(12-8(3)4)10(13)11(5)6-14-11/h7-9,12H,6H2,1-5H3/t9-,11?/m0/s1. The summed E-state index contributed by atoms with van der Waals surface area (Å²) in [7, 11) is 0. The maximum Gasteiger partial charge on any atom is 0.166 e. The van der Waals surface area contributed by atoms with E-state index >= 15 is 0 Å². The minimum absolute atomic E-state index is 0.0231. The molecule has 0 aromatic carbocycles. The number of hydrogen-bond acceptors (Lipinski definition) is 3. The Morgan fingerprint density at radius 3 is 2.14 bits per heavy atom. The molecule has 2 atom stereocenters. The fraction of sp³-hybridized carbons (Fsp3) is 0.909. The summed E-state index contributed by atoms with van der Waals surface area (Å²) in [4.78, 5) is 12.1. The van der Waals surface area contributed by atoms with Crippen LogP contribution in [0.1, 0.15) is 34.6 Å². The topological polar surface area (TPSA) is 29.1 Å². The Kier molecular flexibility index (Phi) is 3.64. The minimum Gasteiger partial charge on any atom is -0.305 e. The lowest BCUT2D eigenvalue weighted by molar-refractivity contribution is -0.123. The predicted molar refractivity (Wildman–Crippen MR) is 62.8 cm³/mol. The second kappa shape index (κ2) is 4.23. The molecule has 1 N–H and O–H groups in total. The van der Waals surface area contributed by atoms with Crippen molar-refractivity contribution in [2.45, 2.75) is 51.4 Å². The molecule has 2 nitrogen and oxygen atoms in total. The molecule has 1 fully saturated rings. The number of rotatable bonds is 5. The molecule has 1 unspecified atom stereocenters. The normalized spacial score (nSPS) is 28.2. The summed E-state index contributed by atoms with van der Waals surface area (Å²) in [5, 5.41) is 3.36. The van der Waals surface area contributed by atoms with Crippen molar-refractivity contribution in [3.63, 3.8) is 0 Å². The molecule has 14 heavy (non-hydrogen) atoms. The number of ketones is 1. The fourth-order valence-electron chi connectivity index (χ4n) is 1.51. The van der Waals surface area contributed by atoms with Gasteiger partial charge in [-0.1, -0.05) is 27.7 Å². The van der Waals surface area contributed by atoms with Crippen LogP contribution in [0.5, 0.6) is 0 Å². The van der Waals surface area contributed by atoms with Crippen molar-refractivity contribution in [3.05, 3.63) is 0 Å². The second-order valence-electron chi connectivity index (χ2n) is 4.93. The highest BCUT2D eigenvalue weighted by Crippen LogP contribution is 2.46. The number of thioether (sulfide) groups is 1. The molecule has 1 heterocycles. The largest absolute Gasteiger partial charge is 0.305 e. The molecule has 1 saturated heterocycles. The van der Waals surface area contributed by atoms with Crippen LogP contribution >= 0.6 is 11.8 Å². The van der Waals surface area contributed by atoms with Gasteiger partial charge in [0.25, 0.3) is 0 Å². The molecule has 1 aliphatic rings. The van der Waals surface area contributed by atoms with Crippen LogP contribution in [0.2, 0.25) is 0 Å². The molecule has 0 bridgehead atoms. The van der Waals surface area contributed by atoms with Crippen molar-refractivity contribution >= 4 is 17.5 Å². The maximum absolute atomic E-state index is 12.1. The van der Waals surface area contributed by atoms with Crippen molar-refractivity contribution < 1.29 is 4.79 Å². The van der Waals surface area contributed by atoms with E-state index < -0.39 is 0 Å². The van der Waals surface area contributed by atoms with Gasteiger partial charge in [0.15, 0.2) is 5.78 Å². The van der Waals surface area contributed by atoms with Gasteiger partial charge in [-0.15, -0.1) is 11.8 Å². The Morgan fingerprint density at radius 1 is 1.36 bits per heavy atom. The van der Waals surface area contributed by atoms with Crippen LogP contribution in [-0.2, 0) is 4.79 Å². The molecule has 0 aromatic rings. The van der Waals surface area contributed by atoms with E-state index in [1.807, 2.05) is 0 Å². The lowest BCUT2D eigenvalue weighted by Crippen LogP contribution is -2.48. The van der Waals surface area contributed by atoms with Crippen molar-refractivity contribution in [2.75, 3.05) is 5.75 Å². The van der Waals surface area contributed by atoms with Gasteiger partial charge in [0.1, 0.15) is 0 Å². The summed E-state index contributed by atoms with van der Waals surface area (Å²) in [6, 6.07) is 0.397. The molecule has 0 aliphatic carbocycles. The molecule has 0 aromatic heterocycles. The van der Waals surface area contributed by atoms with Crippen molar-refractivity contribution in [1.29, 1.82) is 0 Å². The molecule has 1 rings (SSSR count). The third-order valence-electron chi connectivity index (χ3n) is 2.56. The molecule has 0 radical (unpaired) electrons. The first-order chi connectivity index (χ1) is 6.37. The molecular weight excluding hydrogens is 194 g/mol. The number of nitrogens with one attached hydrogen (secondary N) is 1. The van der Waals surface area contributed by atoms with Gasteiger partial charge in [0, 0.05) is 11.8 Å². The Hall–Kier alpha value is -0.0200. The monoisotopic (exact) mass is 215 g/mol. The highest BCUT2D eigenvalue weighted by Gasteiger charge is 2.49. The van der Waals surface area contributed by atoms with Crippen LogP contribution in [0, 0.1) is 5.92 Å². The summed E-state index contributed by atoms with van der Waals surface area (Å²) < 4.78 is -0.0865. The second-order valence-corrected chi connectivity index (χ2v) is 6.41. The molecule has 0 saturated carbocycles. The molecule has 1 aliphatic heterocycles. The van der Waals surface area contributed by atoms with E-state index in [1.54, 1.807) is 11.8 Å². The van der Waals surface area contributed by atoms with E-state index in [2.05, 4.69) is 39.9 Å². The Labute approximate surface area is 91.2 Å². The van der Waals surface area contributed by atoms with E-state index in [0.29, 0.717) is 17.7 Å². The first kappa shape index (κ1) is 12.1. The summed E-state index contributed by atoms with van der Waals surface area (Å²) in [6.45, 7) is 10.4. The molecule has 3 heteroatoms. The third kappa shape index (κ3) is 2.74. The number of carbonyl (C=O) groups is 1. The number of hydrogen-bond donors (Lipinski definition) is 1. The maximum atomic E-state index is 12.1. The predicted octanol–water partition coefficient (Wildman–Crippen LogP) is 2.08. The van der Waals surface area contributed by atoms with Crippen LogP contribution in [0.4, 0.5) is 0 Å². The van der Waals surface area contributed by atoms with E-state index in [1.165, 1.54) is 0 Å². The van der Waals surface area contributed by atoms with Gasteiger partial charge in [-0.3, -0.25) is 4.79 Å². The van der Waals surface area contributed by atoms with E-state index in [-0.39, 0.29) is 10.8 Å². The lowest BCUT2D eigenvalue weighted by Gasteiger charge is -2.25. The first-order valence-corrected chi connectivity index (χ1v) is 6.29. The van der Waals surface area contributed by atoms with Gasteiger partial charge >= 0.3 is 0 Å². The number of carbonyl (C=O) groups excluding carboxylic acids is 1. The summed E-state index contributed by atoms with van der Waals surface area (Å²) >= 11 is 1.76. The zero-order chi connectivity index (χ0) is 10.9. The van der Waals surface area contributed by atoms with Crippen molar-refractivity contribution in [3.8, 4) is 0 Å². The first-order valence-electron chi connectivity index (χ1n) is 5.31. The summed E-state index contributed by atoms with van der Waals surface area (Å²) in [5.74, 6) is 1.75. The average Bonchev–Trinajstić information content (AvgIpc) is 2.79. The van der Waals surface area contributed by atoms with E-state index in [9.17, 15) is 4.79 Å². The van der Waals surface area contributed by atoms with Crippen LogP contribution in [0.15, 0.2) is 0 Å². The SMILES string of the molecule is CC(C)N[C@H](C(=O)C1(C)CS1)C(C)C.